The van der Waals surface area contributed by atoms with E-state index in [1.807, 2.05) is 24.8 Å². The number of hydrogen-bond acceptors (Lipinski definition) is 3. The summed E-state index contributed by atoms with van der Waals surface area (Å²) in [6.45, 7) is 1.85. The summed E-state index contributed by atoms with van der Waals surface area (Å²) in [5, 5.41) is 10.1. The minimum absolute atomic E-state index is 0.0751. The molecule has 0 saturated carbocycles. The van der Waals surface area contributed by atoms with Crippen LogP contribution in [0.4, 0.5) is 0 Å². The van der Waals surface area contributed by atoms with E-state index < -0.39 is 0 Å². The lowest BCUT2D eigenvalue weighted by Gasteiger charge is -2.00. The molecule has 3 nitrogen and oxygen atoms in total. The Hall–Kier alpha value is -0.740. The third-order valence-electron chi connectivity index (χ3n) is 2.21. The second-order valence-corrected chi connectivity index (χ2v) is 3.63. The topological polar surface area (TPSA) is 42.2 Å². The molecule has 0 amide bonds. The average molecular weight is 199 g/mol. The van der Waals surface area contributed by atoms with Gasteiger partial charge in [0, 0.05) is 12.6 Å². The van der Waals surface area contributed by atoms with E-state index in [1.165, 1.54) is 0 Å². The van der Waals surface area contributed by atoms with E-state index in [4.69, 9.17) is 5.11 Å². The molecule has 0 radical (unpaired) electrons. The average Bonchev–Trinajstić information content (AvgIpc) is 2.36. The lowest BCUT2D eigenvalue weighted by Crippen LogP contribution is -1.98. The van der Waals surface area contributed by atoms with Crippen molar-refractivity contribution in [2.45, 2.75) is 18.6 Å². The Morgan fingerprint density at radius 2 is 2.23 bits per heavy atom. The quantitative estimate of drug-likeness (QED) is 0.590. The summed E-state index contributed by atoms with van der Waals surface area (Å²) in [5.41, 5.74) is 2.31. The molecule has 0 spiro atoms. The number of aldehydes is 1. The number of nitrogens with zero attached hydrogens (tertiary/aromatic N) is 1. The van der Waals surface area contributed by atoms with Crippen LogP contribution in [0, 0.1) is 6.92 Å². The predicted molar refractivity (Wildman–Crippen MR) is 53.2 cm³/mol. The van der Waals surface area contributed by atoms with Gasteiger partial charge >= 0.3 is 0 Å². The fourth-order valence-electron chi connectivity index (χ4n) is 1.52. The van der Waals surface area contributed by atoms with E-state index in [2.05, 4.69) is 0 Å². The van der Waals surface area contributed by atoms with E-state index in [0.29, 0.717) is 5.69 Å². The normalized spacial score (nSPS) is 10.5. The molecule has 0 unspecified atom stereocenters. The third kappa shape index (κ3) is 1.51. The number of thioether (sulfide) groups is 1. The van der Waals surface area contributed by atoms with Gasteiger partial charge in [0.05, 0.1) is 17.3 Å². The molecule has 1 rings (SSSR count). The molecule has 0 aromatic carbocycles. The maximum atomic E-state index is 10.7. The molecule has 0 atom stereocenters. The lowest BCUT2D eigenvalue weighted by atomic mass is 10.2. The Morgan fingerprint density at radius 3 is 2.54 bits per heavy atom. The van der Waals surface area contributed by atoms with Crippen LogP contribution in [0.25, 0.3) is 0 Å². The molecule has 0 saturated heterocycles. The Labute approximate surface area is 81.8 Å². The number of hydrogen-bond donors (Lipinski definition) is 1. The molecule has 1 aromatic heterocycles. The van der Waals surface area contributed by atoms with Crippen LogP contribution in [0.5, 0.6) is 0 Å². The molecule has 0 aliphatic heterocycles. The summed E-state index contributed by atoms with van der Waals surface area (Å²) in [7, 11) is 1.84. The molecule has 1 N–H and O–H groups in total. The molecule has 0 aliphatic rings. The van der Waals surface area contributed by atoms with Crippen LogP contribution in [0.15, 0.2) is 5.03 Å². The zero-order valence-electron chi connectivity index (χ0n) is 8.00. The van der Waals surface area contributed by atoms with Crippen LogP contribution in [0.2, 0.25) is 0 Å². The molecule has 1 heterocycles. The fraction of sp³-hybridized carbons (Fsp3) is 0.444. The van der Waals surface area contributed by atoms with E-state index in [1.54, 1.807) is 11.8 Å². The molecule has 0 bridgehead atoms. The van der Waals surface area contributed by atoms with Crippen molar-refractivity contribution >= 4 is 18.0 Å². The smallest absolute Gasteiger partial charge is 0.166 e. The Kier molecular flexibility index (Phi) is 3.17. The first-order valence-electron chi connectivity index (χ1n) is 3.95. The van der Waals surface area contributed by atoms with E-state index in [-0.39, 0.29) is 6.61 Å². The van der Waals surface area contributed by atoms with Crippen LogP contribution in [0.1, 0.15) is 21.6 Å². The molecule has 1 aromatic rings. The first-order chi connectivity index (χ1) is 6.17. The van der Waals surface area contributed by atoms with Gasteiger partial charge in [-0.15, -0.1) is 11.8 Å². The van der Waals surface area contributed by atoms with Gasteiger partial charge in [-0.1, -0.05) is 0 Å². The van der Waals surface area contributed by atoms with Gasteiger partial charge in [-0.2, -0.15) is 0 Å². The van der Waals surface area contributed by atoms with Crippen LogP contribution in [-0.4, -0.2) is 22.2 Å². The molecular formula is C9H13NO2S. The van der Waals surface area contributed by atoms with E-state index in [0.717, 1.165) is 22.4 Å². The first-order valence-corrected chi connectivity index (χ1v) is 5.18. The second-order valence-electron chi connectivity index (χ2n) is 2.83. The van der Waals surface area contributed by atoms with E-state index in [9.17, 15) is 4.79 Å². The molecule has 4 heteroatoms. The van der Waals surface area contributed by atoms with E-state index >= 15 is 0 Å². The van der Waals surface area contributed by atoms with Gasteiger partial charge in [0.2, 0.25) is 0 Å². The Morgan fingerprint density at radius 1 is 1.62 bits per heavy atom. The first kappa shape index (κ1) is 10.3. The zero-order chi connectivity index (χ0) is 10.0. The predicted octanol–water partition coefficient (Wildman–Crippen LogP) is 1.36. The van der Waals surface area contributed by atoms with Gasteiger partial charge in [0.25, 0.3) is 0 Å². The number of carbonyl (C=O) groups excluding carboxylic acids is 1. The molecular weight excluding hydrogens is 186 g/mol. The highest BCUT2D eigenvalue weighted by atomic mass is 32.2. The van der Waals surface area contributed by atoms with Crippen molar-refractivity contribution in [2.75, 3.05) is 6.26 Å². The summed E-state index contributed by atoms with van der Waals surface area (Å²) >= 11 is 1.58. The lowest BCUT2D eigenvalue weighted by molar-refractivity contribution is 0.111. The largest absolute Gasteiger partial charge is 0.392 e. The number of aromatic nitrogens is 1. The third-order valence-corrected chi connectivity index (χ3v) is 3.18. The van der Waals surface area contributed by atoms with Crippen molar-refractivity contribution in [2.24, 2.45) is 7.05 Å². The van der Waals surface area contributed by atoms with Crippen molar-refractivity contribution in [3.63, 3.8) is 0 Å². The molecule has 72 valence electrons. The SMILES string of the molecule is CSc1c(C)c(CO)c(C=O)n1C. The molecule has 13 heavy (non-hydrogen) atoms. The molecule has 0 fully saturated rings. The number of aliphatic hydroxyl groups is 1. The maximum Gasteiger partial charge on any atom is 0.166 e. The number of aliphatic hydroxyl groups excluding tert-OH is 1. The summed E-state index contributed by atoms with van der Waals surface area (Å²) in [4.78, 5) is 10.7. The molecule has 0 aliphatic carbocycles. The van der Waals surface area contributed by atoms with Crippen molar-refractivity contribution in [1.82, 2.24) is 4.57 Å². The van der Waals surface area contributed by atoms with Crippen molar-refractivity contribution in [3.8, 4) is 0 Å². The van der Waals surface area contributed by atoms with Crippen molar-refractivity contribution in [1.29, 1.82) is 0 Å². The Balaban J connectivity index is 3.41. The van der Waals surface area contributed by atoms with Crippen molar-refractivity contribution in [3.05, 3.63) is 16.8 Å². The monoisotopic (exact) mass is 199 g/mol. The summed E-state index contributed by atoms with van der Waals surface area (Å²) in [6, 6.07) is 0. The van der Waals surface area contributed by atoms with Crippen LogP contribution >= 0.6 is 11.8 Å². The van der Waals surface area contributed by atoms with Crippen LogP contribution in [-0.2, 0) is 13.7 Å². The van der Waals surface area contributed by atoms with Crippen LogP contribution < -0.4 is 0 Å². The summed E-state index contributed by atoms with van der Waals surface area (Å²) < 4.78 is 1.82. The van der Waals surface area contributed by atoms with Crippen LogP contribution in [0.3, 0.4) is 0 Å². The maximum absolute atomic E-state index is 10.7. The summed E-state index contributed by atoms with van der Waals surface area (Å²) in [6.07, 6.45) is 2.75. The minimum atomic E-state index is -0.0751. The Bertz CT molecular complexity index is 331. The highest BCUT2D eigenvalue weighted by Crippen LogP contribution is 2.27. The highest BCUT2D eigenvalue weighted by molar-refractivity contribution is 7.98. The van der Waals surface area contributed by atoms with Gasteiger partial charge in [-0.25, -0.2) is 0 Å². The van der Waals surface area contributed by atoms with Gasteiger partial charge in [0.1, 0.15) is 0 Å². The minimum Gasteiger partial charge on any atom is -0.392 e. The van der Waals surface area contributed by atoms with Gasteiger partial charge in [0.15, 0.2) is 6.29 Å². The van der Waals surface area contributed by atoms with Gasteiger partial charge < -0.3 is 9.67 Å². The zero-order valence-corrected chi connectivity index (χ0v) is 8.81. The highest BCUT2D eigenvalue weighted by Gasteiger charge is 2.15. The van der Waals surface area contributed by atoms with Crippen molar-refractivity contribution < 1.29 is 9.90 Å². The van der Waals surface area contributed by atoms with Gasteiger partial charge in [-0.05, 0) is 18.7 Å². The number of carbonyl (C=O) groups is 1. The summed E-state index contributed by atoms with van der Waals surface area (Å²) in [5.74, 6) is 0. The fourth-order valence-corrected chi connectivity index (χ4v) is 2.33. The van der Waals surface area contributed by atoms with Gasteiger partial charge in [-0.3, -0.25) is 4.79 Å². The number of rotatable bonds is 3. The standard InChI is InChI=1S/C9H13NO2S/c1-6-7(4-11)8(5-12)10(2)9(6)13-3/h5,11H,4H2,1-3H3. The second kappa shape index (κ2) is 3.98.